The highest BCUT2D eigenvalue weighted by atomic mass is 16.2. The van der Waals surface area contributed by atoms with Gasteiger partial charge in [0.1, 0.15) is 6.54 Å². The summed E-state index contributed by atoms with van der Waals surface area (Å²) in [5.41, 5.74) is 2.10. The first kappa shape index (κ1) is 17.0. The lowest BCUT2D eigenvalue weighted by atomic mass is 10.2. The number of para-hydroxylation sites is 2. The SMILES string of the molecule is O=C(Cn1c(=O)cnc2ccccc21)Nc1cccc(NC(=O)C2CC2)c1. The topological polar surface area (TPSA) is 93.1 Å². The second kappa shape index (κ2) is 7.03. The van der Waals surface area contributed by atoms with Crippen molar-refractivity contribution < 1.29 is 9.59 Å². The third-order valence-corrected chi connectivity index (χ3v) is 4.42. The lowest BCUT2D eigenvalue weighted by Gasteiger charge is -2.11. The van der Waals surface area contributed by atoms with Crippen LogP contribution in [-0.4, -0.2) is 21.4 Å². The molecule has 2 N–H and O–H groups in total. The minimum Gasteiger partial charge on any atom is -0.326 e. The maximum atomic E-state index is 12.5. The minimum absolute atomic E-state index is 0.00767. The van der Waals surface area contributed by atoms with Crippen molar-refractivity contribution in [2.45, 2.75) is 19.4 Å². The molecule has 1 aromatic heterocycles. The van der Waals surface area contributed by atoms with E-state index in [1.54, 1.807) is 42.5 Å². The van der Waals surface area contributed by atoms with Crippen LogP contribution in [0.1, 0.15) is 12.8 Å². The van der Waals surface area contributed by atoms with Crippen molar-refractivity contribution in [3.05, 3.63) is 65.1 Å². The van der Waals surface area contributed by atoms with Gasteiger partial charge in [-0.3, -0.25) is 19.0 Å². The van der Waals surface area contributed by atoms with Crippen LogP contribution in [-0.2, 0) is 16.1 Å². The largest absolute Gasteiger partial charge is 0.326 e. The second-order valence-electron chi connectivity index (χ2n) is 6.56. The quantitative estimate of drug-likeness (QED) is 0.729. The molecule has 2 amide bonds. The Labute approximate surface area is 155 Å². The van der Waals surface area contributed by atoms with Gasteiger partial charge in [-0.05, 0) is 43.2 Å². The van der Waals surface area contributed by atoms with E-state index in [2.05, 4.69) is 15.6 Å². The molecular formula is C20H18N4O3. The Balaban J connectivity index is 1.49. The number of aromatic nitrogens is 2. The maximum Gasteiger partial charge on any atom is 0.269 e. The molecule has 4 rings (SSSR count). The van der Waals surface area contributed by atoms with E-state index in [4.69, 9.17) is 0 Å². The van der Waals surface area contributed by atoms with Gasteiger partial charge in [0, 0.05) is 17.3 Å². The Morgan fingerprint density at radius 1 is 1.04 bits per heavy atom. The van der Waals surface area contributed by atoms with E-state index in [0.717, 1.165) is 12.8 Å². The van der Waals surface area contributed by atoms with Crippen LogP contribution < -0.4 is 16.2 Å². The summed E-state index contributed by atoms with van der Waals surface area (Å²) >= 11 is 0. The van der Waals surface area contributed by atoms with Crippen molar-refractivity contribution >= 4 is 34.2 Å². The maximum absolute atomic E-state index is 12.5. The number of hydrogen-bond donors (Lipinski definition) is 2. The standard InChI is InChI=1S/C20H18N4O3/c25-18(12-24-17-7-2-1-6-16(17)21-11-19(24)26)22-14-4-3-5-15(10-14)23-20(27)13-8-9-13/h1-7,10-11,13H,8-9,12H2,(H,22,25)(H,23,27). The van der Waals surface area contributed by atoms with Gasteiger partial charge < -0.3 is 10.6 Å². The minimum atomic E-state index is -0.339. The van der Waals surface area contributed by atoms with Crippen molar-refractivity contribution in [2.24, 2.45) is 5.92 Å². The molecule has 136 valence electrons. The van der Waals surface area contributed by atoms with Gasteiger partial charge in [-0.15, -0.1) is 0 Å². The summed E-state index contributed by atoms with van der Waals surface area (Å²) < 4.78 is 1.39. The van der Waals surface area contributed by atoms with Gasteiger partial charge in [-0.1, -0.05) is 18.2 Å². The molecule has 0 atom stereocenters. The van der Waals surface area contributed by atoms with Crippen LogP contribution in [0.5, 0.6) is 0 Å². The van der Waals surface area contributed by atoms with Gasteiger partial charge in [0.2, 0.25) is 11.8 Å². The first-order valence-corrected chi connectivity index (χ1v) is 8.75. The first-order chi connectivity index (χ1) is 13.1. The number of amides is 2. The van der Waals surface area contributed by atoms with E-state index in [1.165, 1.54) is 10.8 Å². The van der Waals surface area contributed by atoms with Crippen molar-refractivity contribution in [1.29, 1.82) is 0 Å². The molecule has 1 aliphatic rings. The molecule has 7 heteroatoms. The van der Waals surface area contributed by atoms with Crippen molar-refractivity contribution in [2.75, 3.05) is 10.6 Å². The summed E-state index contributed by atoms with van der Waals surface area (Å²) in [7, 11) is 0. The van der Waals surface area contributed by atoms with E-state index in [-0.39, 0.29) is 29.8 Å². The average Bonchev–Trinajstić information content (AvgIpc) is 3.50. The number of anilines is 2. The van der Waals surface area contributed by atoms with Gasteiger partial charge >= 0.3 is 0 Å². The summed E-state index contributed by atoms with van der Waals surface area (Å²) in [6.07, 6.45) is 3.07. The van der Waals surface area contributed by atoms with Crippen LogP contribution in [0.2, 0.25) is 0 Å². The summed E-state index contributed by atoms with van der Waals surface area (Å²) in [6, 6.07) is 14.1. The number of carbonyl (C=O) groups is 2. The highest BCUT2D eigenvalue weighted by molar-refractivity contribution is 5.96. The van der Waals surface area contributed by atoms with Crippen LogP contribution in [0.25, 0.3) is 11.0 Å². The van der Waals surface area contributed by atoms with E-state index >= 15 is 0 Å². The molecule has 0 radical (unpaired) electrons. The van der Waals surface area contributed by atoms with Crippen molar-refractivity contribution in [3.63, 3.8) is 0 Å². The second-order valence-corrected chi connectivity index (χ2v) is 6.56. The zero-order chi connectivity index (χ0) is 18.8. The number of rotatable bonds is 5. The number of carbonyl (C=O) groups excluding carboxylic acids is 2. The van der Waals surface area contributed by atoms with Crippen LogP contribution in [0.15, 0.2) is 59.5 Å². The molecule has 1 fully saturated rings. The van der Waals surface area contributed by atoms with Crippen LogP contribution >= 0.6 is 0 Å². The zero-order valence-corrected chi connectivity index (χ0v) is 14.5. The number of fused-ring (bicyclic) bond motifs is 1. The van der Waals surface area contributed by atoms with Crippen LogP contribution in [0.4, 0.5) is 11.4 Å². The smallest absolute Gasteiger partial charge is 0.269 e. The highest BCUT2D eigenvalue weighted by Gasteiger charge is 2.29. The Morgan fingerprint density at radius 2 is 1.78 bits per heavy atom. The Kier molecular flexibility index (Phi) is 4.42. The highest BCUT2D eigenvalue weighted by Crippen LogP contribution is 2.30. The fourth-order valence-corrected chi connectivity index (χ4v) is 2.89. The van der Waals surface area contributed by atoms with Crippen LogP contribution in [0, 0.1) is 5.92 Å². The third kappa shape index (κ3) is 3.87. The van der Waals surface area contributed by atoms with Gasteiger partial charge in [0.05, 0.1) is 17.2 Å². The predicted molar refractivity (Wildman–Crippen MR) is 102 cm³/mol. The monoisotopic (exact) mass is 362 g/mol. The third-order valence-electron chi connectivity index (χ3n) is 4.42. The molecule has 0 bridgehead atoms. The number of hydrogen-bond acceptors (Lipinski definition) is 4. The molecular weight excluding hydrogens is 344 g/mol. The molecule has 0 saturated heterocycles. The Bertz CT molecular complexity index is 1090. The molecule has 1 aliphatic carbocycles. The molecule has 0 unspecified atom stereocenters. The zero-order valence-electron chi connectivity index (χ0n) is 14.5. The van der Waals surface area contributed by atoms with E-state index < -0.39 is 0 Å². The van der Waals surface area contributed by atoms with Gasteiger partial charge in [-0.2, -0.15) is 0 Å². The summed E-state index contributed by atoms with van der Waals surface area (Å²) in [6.45, 7) is -0.124. The van der Waals surface area contributed by atoms with Crippen molar-refractivity contribution in [1.82, 2.24) is 9.55 Å². The predicted octanol–water partition coefficient (Wildman–Crippen LogP) is 2.38. The lowest BCUT2D eigenvalue weighted by molar-refractivity contribution is -0.117. The fraction of sp³-hybridized carbons (Fsp3) is 0.200. The molecule has 2 aromatic carbocycles. The Hall–Kier alpha value is -3.48. The normalized spacial score (nSPS) is 13.3. The number of benzene rings is 2. The molecule has 27 heavy (non-hydrogen) atoms. The molecule has 3 aromatic rings. The first-order valence-electron chi connectivity index (χ1n) is 8.75. The van der Waals surface area contributed by atoms with E-state index in [9.17, 15) is 14.4 Å². The Morgan fingerprint density at radius 3 is 2.56 bits per heavy atom. The number of nitrogens with zero attached hydrogens (tertiary/aromatic N) is 2. The number of nitrogens with one attached hydrogen (secondary N) is 2. The summed E-state index contributed by atoms with van der Waals surface area (Å²) in [4.78, 5) is 40.5. The summed E-state index contributed by atoms with van der Waals surface area (Å²) in [5, 5.41) is 5.62. The fourth-order valence-electron chi connectivity index (χ4n) is 2.89. The van der Waals surface area contributed by atoms with E-state index in [1.807, 2.05) is 6.07 Å². The van der Waals surface area contributed by atoms with E-state index in [0.29, 0.717) is 22.4 Å². The van der Waals surface area contributed by atoms with Gasteiger partial charge in [-0.25, -0.2) is 4.98 Å². The van der Waals surface area contributed by atoms with Gasteiger partial charge in [0.15, 0.2) is 0 Å². The molecule has 0 spiro atoms. The molecule has 1 heterocycles. The summed E-state index contributed by atoms with van der Waals surface area (Å²) in [5.74, 6) is -0.220. The lowest BCUT2D eigenvalue weighted by Crippen LogP contribution is -2.28. The average molecular weight is 362 g/mol. The van der Waals surface area contributed by atoms with Crippen LogP contribution in [0.3, 0.4) is 0 Å². The molecule has 0 aliphatic heterocycles. The van der Waals surface area contributed by atoms with Gasteiger partial charge in [0.25, 0.3) is 5.56 Å². The molecule has 7 nitrogen and oxygen atoms in total. The van der Waals surface area contributed by atoms with Crippen molar-refractivity contribution in [3.8, 4) is 0 Å². The molecule has 1 saturated carbocycles.